The van der Waals surface area contributed by atoms with Crippen molar-refractivity contribution in [2.24, 2.45) is 0 Å². The minimum Gasteiger partial charge on any atom is -0.467 e. The standard InChI is InChI=1S/C20H25N5O12S/c1-8-21-18(24-20(22-8)35-3)23-19(31)25-38(32,33)12-6-9(4-5-10(12)16(30)34-2)36-17-15(29)14(28)13(27)11(7-26)37-17/h4-6,11,13-15,17,26-29H,7H2,1-3H3,(H2,21,22,23,24,25,31)/t11-,13-,14+,15-,17-/m1/s1. The third kappa shape index (κ3) is 6.41. The molecule has 18 heteroatoms. The van der Waals surface area contributed by atoms with Crippen molar-refractivity contribution in [3.05, 3.63) is 29.6 Å². The highest BCUT2D eigenvalue weighted by Gasteiger charge is 2.44. The van der Waals surface area contributed by atoms with Gasteiger partial charge in [-0.05, 0) is 19.1 Å². The first-order chi connectivity index (χ1) is 17.9. The second-order valence-corrected chi connectivity index (χ2v) is 9.37. The average Bonchev–Trinajstić information content (AvgIpc) is 2.87. The van der Waals surface area contributed by atoms with Gasteiger partial charge in [-0.1, -0.05) is 0 Å². The van der Waals surface area contributed by atoms with E-state index in [0.717, 1.165) is 25.3 Å². The van der Waals surface area contributed by atoms with Crippen LogP contribution in [0, 0.1) is 6.92 Å². The van der Waals surface area contributed by atoms with Gasteiger partial charge in [-0.2, -0.15) is 15.0 Å². The summed E-state index contributed by atoms with van der Waals surface area (Å²) in [7, 11) is -2.50. The summed E-state index contributed by atoms with van der Waals surface area (Å²) < 4.78 is 48.0. The molecule has 0 saturated carbocycles. The van der Waals surface area contributed by atoms with Gasteiger partial charge in [-0.3, -0.25) is 5.32 Å². The van der Waals surface area contributed by atoms with E-state index >= 15 is 0 Å². The first-order valence-corrected chi connectivity index (χ1v) is 12.2. The Bertz CT molecular complexity index is 1290. The molecule has 38 heavy (non-hydrogen) atoms. The van der Waals surface area contributed by atoms with E-state index < -0.39 is 69.8 Å². The molecule has 1 saturated heterocycles. The number of aliphatic hydroxyl groups excluding tert-OH is 4. The smallest absolute Gasteiger partial charge is 0.339 e. The van der Waals surface area contributed by atoms with Crippen LogP contribution in [0.3, 0.4) is 0 Å². The van der Waals surface area contributed by atoms with Crippen molar-refractivity contribution in [2.45, 2.75) is 42.5 Å². The van der Waals surface area contributed by atoms with Crippen LogP contribution >= 0.6 is 0 Å². The van der Waals surface area contributed by atoms with Gasteiger partial charge in [0.2, 0.25) is 12.2 Å². The number of methoxy groups -OCH3 is 2. The van der Waals surface area contributed by atoms with E-state index in [9.17, 15) is 38.4 Å². The monoisotopic (exact) mass is 559 g/mol. The van der Waals surface area contributed by atoms with Crippen LogP contribution in [0.4, 0.5) is 10.7 Å². The molecule has 17 nitrogen and oxygen atoms in total. The van der Waals surface area contributed by atoms with Crippen molar-refractivity contribution in [1.82, 2.24) is 19.7 Å². The highest BCUT2D eigenvalue weighted by molar-refractivity contribution is 7.90. The number of benzene rings is 1. The molecule has 1 aliphatic rings. The van der Waals surface area contributed by atoms with Crippen LogP contribution in [0.5, 0.6) is 11.8 Å². The zero-order valence-electron chi connectivity index (χ0n) is 20.1. The number of nitrogens with zero attached hydrogens (tertiary/aromatic N) is 3. The fourth-order valence-corrected chi connectivity index (χ4v) is 4.40. The Kier molecular flexibility index (Phi) is 8.97. The minimum atomic E-state index is -4.78. The third-order valence-electron chi connectivity index (χ3n) is 5.11. The third-order valence-corrected chi connectivity index (χ3v) is 6.48. The maximum Gasteiger partial charge on any atom is 0.339 e. The molecule has 3 rings (SSSR count). The van der Waals surface area contributed by atoms with E-state index in [4.69, 9.17) is 14.2 Å². The molecule has 5 atom stereocenters. The molecule has 2 amide bonds. The van der Waals surface area contributed by atoms with Crippen LogP contribution in [-0.2, 0) is 19.5 Å². The van der Waals surface area contributed by atoms with Gasteiger partial charge in [0.05, 0.1) is 26.4 Å². The number of urea groups is 1. The summed E-state index contributed by atoms with van der Waals surface area (Å²) in [6.45, 7) is 0.755. The lowest BCUT2D eigenvalue weighted by molar-refractivity contribution is -0.277. The Morgan fingerprint density at radius 3 is 2.42 bits per heavy atom. The average molecular weight is 560 g/mol. The van der Waals surface area contributed by atoms with Crippen molar-refractivity contribution >= 4 is 28.0 Å². The van der Waals surface area contributed by atoms with Gasteiger partial charge in [0.15, 0.2) is 0 Å². The summed E-state index contributed by atoms with van der Waals surface area (Å²) in [5, 5.41) is 41.5. The molecule has 1 aliphatic heterocycles. The van der Waals surface area contributed by atoms with Crippen molar-refractivity contribution in [2.75, 3.05) is 26.1 Å². The first kappa shape index (κ1) is 28.9. The molecule has 6 N–H and O–H groups in total. The van der Waals surface area contributed by atoms with Crippen LogP contribution in [0.2, 0.25) is 0 Å². The maximum absolute atomic E-state index is 13.1. The lowest BCUT2D eigenvalue weighted by Gasteiger charge is -2.39. The minimum absolute atomic E-state index is 0.137. The van der Waals surface area contributed by atoms with Gasteiger partial charge in [0.25, 0.3) is 10.0 Å². The molecular weight excluding hydrogens is 534 g/mol. The number of aromatic nitrogens is 3. The highest BCUT2D eigenvalue weighted by atomic mass is 32.2. The number of hydrogen-bond acceptors (Lipinski definition) is 15. The van der Waals surface area contributed by atoms with Gasteiger partial charge in [0.1, 0.15) is 40.9 Å². The molecule has 1 aromatic heterocycles. The molecule has 0 unspecified atom stereocenters. The van der Waals surface area contributed by atoms with Gasteiger partial charge in [-0.25, -0.2) is 22.7 Å². The number of aliphatic hydroxyl groups is 4. The van der Waals surface area contributed by atoms with Crippen molar-refractivity contribution in [1.29, 1.82) is 0 Å². The normalized spacial score (nSPS) is 23.3. The van der Waals surface area contributed by atoms with E-state index in [1.165, 1.54) is 14.0 Å². The lowest BCUT2D eigenvalue weighted by Crippen LogP contribution is -2.60. The maximum atomic E-state index is 13.1. The predicted molar refractivity (Wildman–Crippen MR) is 123 cm³/mol. The van der Waals surface area contributed by atoms with E-state index in [1.54, 1.807) is 4.72 Å². The Morgan fingerprint density at radius 1 is 1.08 bits per heavy atom. The fourth-order valence-electron chi connectivity index (χ4n) is 3.28. The van der Waals surface area contributed by atoms with E-state index in [0.29, 0.717) is 0 Å². The molecule has 1 aromatic carbocycles. The fraction of sp³-hybridized carbons (Fsp3) is 0.450. The number of esters is 1. The molecule has 0 spiro atoms. The summed E-state index contributed by atoms with van der Waals surface area (Å²) in [5.74, 6) is -1.51. The summed E-state index contributed by atoms with van der Waals surface area (Å²) in [6.07, 6.45) is -8.14. The van der Waals surface area contributed by atoms with Crippen LogP contribution in [0.1, 0.15) is 16.2 Å². The van der Waals surface area contributed by atoms with Gasteiger partial charge >= 0.3 is 18.0 Å². The van der Waals surface area contributed by atoms with Gasteiger partial charge < -0.3 is 39.4 Å². The van der Waals surface area contributed by atoms with Crippen LogP contribution in [-0.4, -0.2) is 107 Å². The SMILES string of the molecule is COC(=O)c1ccc(O[C@@H]2O[C@H](CO)[C@@H](O)[C@H](O)[C@H]2O)cc1S(=O)(=O)NC(=O)Nc1nc(C)nc(OC)n1. The van der Waals surface area contributed by atoms with E-state index in [-0.39, 0.29) is 23.5 Å². The second kappa shape index (κ2) is 11.8. The number of ether oxygens (including phenoxy) is 4. The topological polar surface area (TPSA) is 249 Å². The summed E-state index contributed by atoms with van der Waals surface area (Å²) >= 11 is 0. The Morgan fingerprint density at radius 2 is 1.79 bits per heavy atom. The Labute approximate surface area is 215 Å². The number of amides is 2. The van der Waals surface area contributed by atoms with Crippen molar-refractivity contribution in [3.8, 4) is 11.8 Å². The number of sulfonamides is 1. The highest BCUT2D eigenvalue weighted by Crippen LogP contribution is 2.28. The molecule has 2 aromatic rings. The molecule has 1 fully saturated rings. The van der Waals surface area contributed by atoms with Crippen LogP contribution in [0.25, 0.3) is 0 Å². The second-order valence-electron chi connectivity index (χ2n) is 7.72. The Hall–Kier alpha value is -3.68. The molecule has 0 aliphatic carbocycles. The number of anilines is 1. The predicted octanol–water partition coefficient (Wildman–Crippen LogP) is -2.34. The van der Waals surface area contributed by atoms with Gasteiger partial charge in [-0.15, -0.1) is 0 Å². The number of carbonyl (C=O) groups excluding carboxylic acids is 2. The summed E-state index contributed by atoms with van der Waals surface area (Å²) in [6, 6.07) is 1.54. The van der Waals surface area contributed by atoms with Crippen LogP contribution < -0.4 is 19.5 Å². The van der Waals surface area contributed by atoms with E-state index in [2.05, 4.69) is 25.0 Å². The molecule has 0 radical (unpaired) electrons. The molecule has 0 bridgehead atoms. The van der Waals surface area contributed by atoms with Crippen molar-refractivity contribution in [3.63, 3.8) is 0 Å². The molecule has 2 heterocycles. The van der Waals surface area contributed by atoms with Gasteiger partial charge in [0, 0.05) is 6.07 Å². The Balaban J connectivity index is 1.88. The molecular formula is C20H25N5O12S. The molecule has 208 valence electrons. The number of rotatable bonds is 8. The zero-order chi connectivity index (χ0) is 28.2. The number of carbonyl (C=O) groups is 2. The number of hydrogen-bond donors (Lipinski definition) is 6. The van der Waals surface area contributed by atoms with Crippen LogP contribution in [0.15, 0.2) is 23.1 Å². The van der Waals surface area contributed by atoms with Crippen molar-refractivity contribution < 1.29 is 57.4 Å². The first-order valence-electron chi connectivity index (χ1n) is 10.7. The summed E-state index contributed by atoms with van der Waals surface area (Å²) in [4.78, 5) is 35.3. The number of aryl methyl sites for hydroxylation is 1. The van der Waals surface area contributed by atoms with E-state index in [1.807, 2.05) is 0 Å². The number of nitrogens with one attached hydrogen (secondary N) is 2. The quantitative estimate of drug-likeness (QED) is 0.185. The zero-order valence-corrected chi connectivity index (χ0v) is 20.9. The lowest BCUT2D eigenvalue weighted by atomic mass is 9.99. The largest absolute Gasteiger partial charge is 0.467 e. The summed E-state index contributed by atoms with van der Waals surface area (Å²) in [5.41, 5.74) is -0.480.